The summed E-state index contributed by atoms with van der Waals surface area (Å²) in [6, 6.07) is -2.80. The maximum atomic E-state index is 11.7. The van der Waals surface area contributed by atoms with Crippen LogP contribution in [-0.2, 0) is 19.1 Å². The summed E-state index contributed by atoms with van der Waals surface area (Å²) < 4.78 is 4.86. The second kappa shape index (κ2) is 8.90. The van der Waals surface area contributed by atoms with Gasteiger partial charge in [0.05, 0.1) is 19.1 Å². The number of carbonyl (C=O) groups excluding carboxylic acids is 3. The summed E-state index contributed by atoms with van der Waals surface area (Å²) in [7, 11) is 0. The number of amides is 3. The summed E-state index contributed by atoms with van der Waals surface area (Å²) in [5.41, 5.74) is 8.43. The van der Waals surface area contributed by atoms with E-state index in [1.165, 1.54) is 0 Å². The molecule has 0 unspecified atom stereocenters. The van der Waals surface area contributed by atoms with Gasteiger partial charge in [-0.25, -0.2) is 10.2 Å². The third-order valence-electron chi connectivity index (χ3n) is 2.23. The highest BCUT2D eigenvalue weighted by Crippen LogP contribution is 2.05. The molecule has 0 aliphatic heterocycles. The Morgan fingerprint density at radius 2 is 1.70 bits per heavy atom. The fourth-order valence-corrected chi connectivity index (χ4v) is 1.26. The molecule has 11 nitrogen and oxygen atoms in total. The van der Waals surface area contributed by atoms with E-state index < -0.39 is 54.6 Å². The first-order valence-corrected chi connectivity index (χ1v) is 6.63. The fourth-order valence-electron chi connectivity index (χ4n) is 1.26. The lowest BCUT2D eigenvalue weighted by molar-refractivity contribution is -0.139. The minimum atomic E-state index is -1.42. The van der Waals surface area contributed by atoms with E-state index >= 15 is 0 Å². The molecule has 0 aromatic carbocycles. The molecule has 0 rings (SSSR count). The van der Waals surface area contributed by atoms with Gasteiger partial charge in [0.15, 0.2) is 0 Å². The number of ether oxygens (including phenoxy) is 1. The summed E-state index contributed by atoms with van der Waals surface area (Å²) >= 11 is 0. The standard InChI is InChI=1S/C12H22N4O7/c1-12(2,3)23-11(22)16-15-10(21)7(5-17)14-9(20)6(13)4-8(18)19/h6-7,17H,4-5,13H2,1-3H3,(H,14,20)(H,15,21)(H,16,22)(H,18,19)/t6-,7-/m0/s1. The van der Waals surface area contributed by atoms with Crippen LogP contribution in [0.25, 0.3) is 0 Å². The van der Waals surface area contributed by atoms with Crippen molar-refractivity contribution in [3.8, 4) is 0 Å². The molecule has 0 aromatic rings. The van der Waals surface area contributed by atoms with E-state index in [0.717, 1.165) is 0 Å². The molecule has 0 heterocycles. The number of aliphatic hydroxyl groups excluding tert-OH is 1. The number of carboxylic acids is 1. The molecule has 132 valence electrons. The van der Waals surface area contributed by atoms with Gasteiger partial charge >= 0.3 is 12.1 Å². The highest BCUT2D eigenvalue weighted by Gasteiger charge is 2.25. The van der Waals surface area contributed by atoms with Crippen LogP contribution >= 0.6 is 0 Å². The van der Waals surface area contributed by atoms with E-state index in [4.69, 9.17) is 20.7 Å². The zero-order valence-corrected chi connectivity index (χ0v) is 13.1. The second-order valence-electron chi connectivity index (χ2n) is 5.56. The van der Waals surface area contributed by atoms with Crippen molar-refractivity contribution in [3.63, 3.8) is 0 Å². The predicted molar refractivity (Wildman–Crippen MR) is 76.8 cm³/mol. The van der Waals surface area contributed by atoms with Gasteiger partial charge in [-0.05, 0) is 20.8 Å². The molecule has 0 radical (unpaired) electrons. The summed E-state index contributed by atoms with van der Waals surface area (Å²) in [4.78, 5) is 45.1. The monoisotopic (exact) mass is 334 g/mol. The van der Waals surface area contributed by atoms with Gasteiger partial charge in [0.25, 0.3) is 5.91 Å². The van der Waals surface area contributed by atoms with Gasteiger partial charge < -0.3 is 26.0 Å². The molecular weight excluding hydrogens is 312 g/mol. The van der Waals surface area contributed by atoms with Crippen LogP contribution in [0, 0.1) is 0 Å². The first kappa shape index (κ1) is 20.6. The van der Waals surface area contributed by atoms with Crippen molar-refractivity contribution in [2.75, 3.05) is 6.61 Å². The van der Waals surface area contributed by atoms with E-state index in [9.17, 15) is 19.2 Å². The van der Waals surface area contributed by atoms with Crippen LogP contribution < -0.4 is 21.9 Å². The summed E-state index contributed by atoms with van der Waals surface area (Å²) in [6.45, 7) is 4.08. The molecule has 3 amide bonds. The number of carbonyl (C=O) groups is 4. The number of aliphatic hydroxyl groups is 1. The van der Waals surface area contributed by atoms with E-state index in [1.54, 1.807) is 20.8 Å². The predicted octanol–water partition coefficient (Wildman–Crippen LogP) is -2.18. The van der Waals surface area contributed by atoms with Crippen molar-refractivity contribution >= 4 is 23.9 Å². The molecule has 2 atom stereocenters. The van der Waals surface area contributed by atoms with Crippen LogP contribution in [0.15, 0.2) is 0 Å². The topological polar surface area (TPSA) is 180 Å². The molecule has 7 N–H and O–H groups in total. The molecule has 0 spiro atoms. The van der Waals surface area contributed by atoms with Crippen molar-refractivity contribution < 1.29 is 34.1 Å². The van der Waals surface area contributed by atoms with Crippen molar-refractivity contribution in [1.82, 2.24) is 16.2 Å². The third-order valence-corrected chi connectivity index (χ3v) is 2.23. The lowest BCUT2D eigenvalue weighted by Gasteiger charge is -2.21. The summed E-state index contributed by atoms with van der Waals surface area (Å²) in [5, 5.41) is 19.7. The lowest BCUT2D eigenvalue weighted by atomic mass is 10.2. The number of hydrazine groups is 1. The Morgan fingerprint density at radius 3 is 2.13 bits per heavy atom. The number of carboxylic acid groups (broad SMARTS) is 1. The van der Waals surface area contributed by atoms with Crippen molar-refractivity contribution in [1.29, 1.82) is 0 Å². The second-order valence-corrected chi connectivity index (χ2v) is 5.56. The van der Waals surface area contributed by atoms with Crippen LogP contribution in [0.5, 0.6) is 0 Å². The van der Waals surface area contributed by atoms with E-state index in [-0.39, 0.29) is 0 Å². The Bertz CT molecular complexity index is 461. The number of hydrogen-bond donors (Lipinski definition) is 6. The van der Waals surface area contributed by atoms with Crippen molar-refractivity contribution in [2.24, 2.45) is 5.73 Å². The van der Waals surface area contributed by atoms with Gasteiger partial charge in [-0.3, -0.25) is 19.8 Å². The Morgan fingerprint density at radius 1 is 1.13 bits per heavy atom. The molecule has 0 aliphatic rings. The Labute approximate surface area is 132 Å². The first-order chi connectivity index (χ1) is 10.5. The largest absolute Gasteiger partial charge is 0.481 e. The van der Waals surface area contributed by atoms with Gasteiger partial charge in [0.2, 0.25) is 5.91 Å². The number of nitrogens with one attached hydrogen (secondary N) is 3. The SMILES string of the molecule is CC(C)(C)OC(=O)NNC(=O)[C@H](CO)NC(=O)[C@@H](N)CC(=O)O. The molecule has 0 saturated carbocycles. The number of rotatable bonds is 6. The molecular formula is C12H22N4O7. The quantitative estimate of drug-likeness (QED) is 0.296. The van der Waals surface area contributed by atoms with E-state index in [2.05, 4.69) is 5.32 Å². The molecule has 0 aliphatic carbocycles. The highest BCUT2D eigenvalue weighted by molar-refractivity contribution is 5.91. The minimum absolute atomic E-state index is 0.637. The average molecular weight is 334 g/mol. The third kappa shape index (κ3) is 9.26. The number of aliphatic carboxylic acids is 1. The van der Waals surface area contributed by atoms with Gasteiger partial charge in [-0.2, -0.15) is 0 Å². The number of hydrogen-bond acceptors (Lipinski definition) is 7. The molecule has 0 aromatic heterocycles. The maximum Gasteiger partial charge on any atom is 0.426 e. The number of nitrogens with two attached hydrogens (primary N) is 1. The summed E-state index contributed by atoms with van der Waals surface area (Å²) in [5.74, 6) is -3.16. The lowest BCUT2D eigenvalue weighted by Crippen LogP contribution is -2.56. The zero-order valence-electron chi connectivity index (χ0n) is 13.1. The van der Waals surface area contributed by atoms with Gasteiger partial charge in [-0.15, -0.1) is 0 Å². The van der Waals surface area contributed by atoms with Crippen molar-refractivity contribution in [3.05, 3.63) is 0 Å². The fraction of sp³-hybridized carbons (Fsp3) is 0.667. The van der Waals surface area contributed by atoms with Crippen LogP contribution in [0.3, 0.4) is 0 Å². The van der Waals surface area contributed by atoms with Crippen LogP contribution in [0.2, 0.25) is 0 Å². The van der Waals surface area contributed by atoms with Gasteiger partial charge in [-0.1, -0.05) is 0 Å². The van der Waals surface area contributed by atoms with Crippen LogP contribution in [-0.4, -0.2) is 58.4 Å². The zero-order chi connectivity index (χ0) is 18.2. The van der Waals surface area contributed by atoms with Crippen LogP contribution in [0.1, 0.15) is 27.2 Å². The molecule has 11 heteroatoms. The first-order valence-electron chi connectivity index (χ1n) is 6.63. The molecule has 23 heavy (non-hydrogen) atoms. The van der Waals surface area contributed by atoms with E-state index in [0.29, 0.717) is 0 Å². The van der Waals surface area contributed by atoms with Gasteiger partial charge in [0.1, 0.15) is 11.6 Å². The normalized spacial score (nSPS) is 13.4. The molecule has 0 fully saturated rings. The molecule has 0 saturated heterocycles. The average Bonchev–Trinajstić information content (AvgIpc) is 2.39. The maximum absolute atomic E-state index is 11.7. The van der Waals surface area contributed by atoms with Crippen LogP contribution in [0.4, 0.5) is 4.79 Å². The minimum Gasteiger partial charge on any atom is -0.481 e. The van der Waals surface area contributed by atoms with Crippen molar-refractivity contribution in [2.45, 2.75) is 44.9 Å². The smallest absolute Gasteiger partial charge is 0.426 e. The Hall–Kier alpha value is -2.40. The Balaban J connectivity index is 4.44. The van der Waals surface area contributed by atoms with Gasteiger partial charge in [0, 0.05) is 0 Å². The highest BCUT2D eigenvalue weighted by atomic mass is 16.6. The van der Waals surface area contributed by atoms with E-state index in [1.807, 2.05) is 10.9 Å². The summed E-state index contributed by atoms with van der Waals surface area (Å²) in [6.07, 6.45) is -1.57. The molecule has 0 bridgehead atoms. The Kier molecular flexibility index (Phi) is 7.97.